The lowest BCUT2D eigenvalue weighted by molar-refractivity contribution is -0.138. The summed E-state index contributed by atoms with van der Waals surface area (Å²) < 4.78 is 80.7. The van der Waals surface area contributed by atoms with Gasteiger partial charge in [-0.3, -0.25) is 0 Å². The molecule has 0 saturated heterocycles. The molecule has 0 aliphatic rings. The van der Waals surface area contributed by atoms with E-state index in [0.717, 1.165) is 30.3 Å². The SMILES string of the molecule is O=C(Oc1ccccc1C(F)(F)F)c1cccc(C(F)(F)F)c1. The minimum Gasteiger partial charge on any atom is -0.422 e. The van der Waals surface area contributed by atoms with E-state index in [1.54, 1.807) is 0 Å². The van der Waals surface area contributed by atoms with E-state index >= 15 is 0 Å². The summed E-state index contributed by atoms with van der Waals surface area (Å²) >= 11 is 0. The molecule has 0 aliphatic heterocycles. The number of carbonyl (C=O) groups is 1. The molecule has 2 aromatic rings. The number of hydrogen-bond acceptors (Lipinski definition) is 2. The molecule has 23 heavy (non-hydrogen) atoms. The van der Waals surface area contributed by atoms with Crippen LogP contribution in [0.2, 0.25) is 0 Å². The molecule has 8 heteroatoms. The number of carbonyl (C=O) groups excluding carboxylic acids is 1. The third-order valence-corrected chi connectivity index (χ3v) is 2.82. The van der Waals surface area contributed by atoms with Crippen molar-refractivity contribution in [2.45, 2.75) is 12.4 Å². The Morgan fingerprint density at radius 3 is 2.09 bits per heavy atom. The van der Waals surface area contributed by atoms with Crippen LogP contribution in [0.3, 0.4) is 0 Å². The van der Waals surface area contributed by atoms with E-state index in [1.807, 2.05) is 0 Å². The van der Waals surface area contributed by atoms with Crippen molar-refractivity contribution in [2.24, 2.45) is 0 Å². The monoisotopic (exact) mass is 334 g/mol. The molecule has 0 aromatic heterocycles. The fourth-order valence-corrected chi connectivity index (χ4v) is 1.77. The van der Waals surface area contributed by atoms with Gasteiger partial charge in [0, 0.05) is 0 Å². The van der Waals surface area contributed by atoms with Gasteiger partial charge in [-0.15, -0.1) is 0 Å². The number of halogens is 6. The van der Waals surface area contributed by atoms with Crippen LogP contribution in [0.5, 0.6) is 5.75 Å². The number of rotatable bonds is 2. The highest BCUT2D eigenvalue weighted by atomic mass is 19.4. The third kappa shape index (κ3) is 4.02. The smallest absolute Gasteiger partial charge is 0.419 e. The molecule has 0 saturated carbocycles. The van der Waals surface area contributed by atoms with Crippen LogP contribution in [0.1, 0.15) is 21.5 Å². The zero-order valence-electron chi connectivity index (χ0n) is 11.2. The van der Waals surface area contributed by atoms with Crippen LogP contribution in [0.25, 0.3) is 0 Å². The van der Waals surface area contributed by atoms with Crippen LogP contribution < -0.4 is 4.74 Å². The number of benzene rings is 2. The van der Waals surface area contributed by atoms with Crippen molar-refractivity contribution in [1.82, 2.24) is 0 Å². The van der Waals surface area contributed by atoms with Crippen molar-refractivity contribution in [2.75, 3.05) is 0 Å². The van der Waals surface area contributed by atoms with Gasteiger partial charge in [0.25, 0.3) is 0 Å². The van der Waals surface area contributed by atoms with Gasteiger partial charge in [-0.25, -0.2) is 4.79 Å². The Kier molecular flexibility index (Phi) is 4.35. The molecule has 2 aromatic carbocycles. The van der Waals surface area contributed by atoms with Crippen LogP contribution in [-0.4, -0.2) is 5.97 Å². The number of ether oxygens (including phenoxy) is 1. The van der Waals surface area contributed by atoms with E-state index in [1.165, 1.54) is 6.07 Å². The van der Waals surface area contributed by atoms with Gasteiger partial charge in [0.1, 0.15) is 5.75 Å². The van der Waals surface area contributed by atoms with E-state index in [2.05, 4.69) is 4.74 Å². The van der Waals surface area contributed by atoms with Crippen LogP contribution in [0.4, 0.5) is 26.3 Å². The van der Waals surface area contributed by atoms with Crippen LogP contribution >= 0.6 is 0 Å². The summed E-state index contributed by atoms with van der Waals surface area (Å²) in [5, 5.41) is 0. The predicted molar refractivity (Wildman–Crippen MR) is 67.8 cm³/mol. The minimum absolute atomic E-state index is 0.503. The quantitative estimate of drug-likeness (QED) is 0.442. The summed E-state index contributed by atoms with van der Waals surface area (Å²) in [5.41, 5.74) is -2.80. The average Bonchev–Trinajstić information content (AvgIpc) is 2.46. The average molecular weight is 334 g/mol. The highest BCUT2D eigenvalue weighted by molar-refractivity contribution is 5.91. The van der Waals surface area contributed by atoms with Gasteiger partial charge in [0.15, 0.2) is 0 Å². The van der Waals surface area contributed by atoms with E-state index in [9.17, 15) is 31.1 Å². The molecule has 2 nitrogen and oxygen atoms in total. The van der Waals surface area contributed by atoms with E-state index < -0.39 is 40.8 Å². The maximum atomic E-state index is 12.8. The molecule has 0 heterocycles. The topological polar surface area (TPSA) is 26.3 Å². The van der Waals surface area contributed by atoms with E-state index in [4.69, 9.17) is 0 Å². The second-order valence-electron chi connectivity index (χ2n) is 4.46. The molecule has 0 bridgehead atoms. The van der Waals surface area contributed by atoms with Crippen LogP contribution in [0.15, 0.2) is 48.5 Å². The maximum Gasteiger partial charge on any atom is 0.419 e. The molecular weight excluding hydrogens is 326 g/mol. The van der Waals surface area contributed by atoms with Crippen molar-refractivity contribution >= 4 is 5.97 Å². The second-order valence-corrected chi connectivity index (χ2v) is 4.46. The molecule has 0 aliphatic carbocycles. The summed E-state index contributed by atoms with van der Waals surface area (Å²) in [4.78, 5) is 11.8. The van der Waals surface area contributed by atoms with Crippen molar-refractivity contribution in [3.05, 3.63) is 65.2 Å². The van der Waals surface area contributed by atoms with Gasteiger partial charge in [-0.1, -0.05) is 18.2 Å². The largest absolute Gasteiger partial charge is 0.422 e. The Balaban J connectivity index is 2.31. The molecule has 0 unspecified atom stereocenters. The predicted octanol–water partition coefficient (Wildman–Crippen LogP) is 4.94. The van der Waals surface area contributed by atoms with Crippen molar-refractivity contribution in [1.29, 1.82) is 0 Å². The molecule has 2 rings (SSSR count). The molecular formula is C15H8F6O2. The van der Waals surface area contributed by atoms with Crippen molar-refractivity contribution in [3.8, 4) is 5.75 Å². The lowest BCUT2D eigenvalue weighted by Gasteiger charge is -2.13. The van der Waals surface area contributed by atoms with Crippen LogP contribution in [-0.2, 0) is 12.4 Å². The first kappa shape index (κ1) is 16.9. The Bertz CT molecular complexity index is 718. The number of para-hydroxylation sites is 1. The third-order valence-electron chi connectivity index (χ3n) is 2.82. The van der Waals surface area contributed by atoms with Crippen molar-refractivity contribution in [3.63, 3.8) is 0 Å². The van der Waals surface area contributed by atoms with Gasteiger partial charge < -0.3 is 4.74 Å². The van der Waals surface area contributed by atoms with Crippen LogP contribution in [0, 0.1) is 0 Å². The minimum atomic E-state index is -4.76. The first-order chi connectivity index (χ1) is 10.6. The van der Waals surface area contributed by atoms with Gasteiger partial charge >= 0.3 is 18.3 Å². The first-order valence-corrected chi connectivity index (χ1v) is 6.14. The maximum absolute atomic E-state index is 12.8. The van der Waals surface area contributed by atoms with Gasteiger partial charge in [0.2, 0.25) is 0 Å². The Morgan fingerprint density at radius 2 is 1.48 bits per heavy atom. The number of esters is 1. The lowest BCUT2D eigenvalue weighted by atomic mass is 10.1. The number of alkyl halides is 6. The summed E-state index contributed by atoms with van der Waals surface area (Å²) in [6.45, 7) is 0. The van der Waals surface area contributed by atoms with Crippen molar-refractivity contribution < 1.29 is 35.9 Å². The highest BCUT2D eigenvalue weighted by Gasteiger charge is 2.35. The first-order valence-electron chi connectivity index (χ1n) is 6.14. The summed E-state index contributed by atoms with van der Waals surface area (Å²) in [6, 6.07) is 7.17. The Labute approximate surface area is 126 Å². The summed E-state index contributed by atoms with van der Waals surface area (Å²) in [6.07, 6.45) is -9.44. The highest BCUT2D eigenvalue weighted by Crippen LogP contribution is 2.36. The molecule has 122 valence electrons. The Hall–Kier alpha value is -2.51. The lowest BCUT2D eigenvalue weighted by Crippen LogP contribution is -2.14. The Morgan fingerprint density at radius 1 is 0.826 bits per heavy atom. The molecule has 0 atom stereocenters. The van der Waals surface area contributed by atoms with E-state index in [-0.39, 0.29) is 0 Å². The molecule has 0 fully saturated rings. The normalized spacial score (nSPS) is 12.1. The zero-order chi connectivity index (χ0) is 17.3. The van der Waals surface area contributed by atoms with Gasteiger partial charge in [-0.05, 0) is 30.3 Å². The molecule has 0 spiro atoms. The molecule has 0 amide bonds. The molecule has 0 N–H and O–H groups in total. The fourth-order valence-electron chi connectivity index (χ4n) is 1.77. The van der Waals surface area contributed by atoms with Gasteiger partial charge in [-0.2, -0.15) is 26.3 Å². The van der Waals surface area contributed by atoms with Gasteiger partial charge in [0.05, 0.1) is 16.7 Å². The van der Waals surface area contributed by atoms with E-state index in [0.29, 0.717) is 12.1 Å². The fraction of sp³-hybridized carbons (Fsp3) is 0.133. The number of hydrogen-bond donors (Lipinski definition) is 0. The standard InChI is InChI=1S/C15H8F6O2/c16-14(17,18)10-5-3-4-9(8-10)13(22)23-12-7-2-1-6-11(12)15(19,20)21/h1-8H. The zero-order valence-corrected chi connectivity index (χ0v) is 11.2. The summed E-state index contributed by atoms with van der Waals surface area (Å²) in [5.74, 6) is -2.09. The summed E-state index contributed by atoms with van der Waals surface area (Å²) in [7, 11) is 0. The molecule has 0 radical (unpaired) electrons. The second kappa shape index (κ2) is 5.94.